The van der Waals surface area contributed by atoms with Gasteiger partial charge in [0, 0.05) is 38.9 Å². The second-order valence-corrected chi connectivity index (χ2v) is 7.09. The smallest absolute Gasteiger partial charge is 0.227 e. The van der Waals surface area contributed by atoms with Gasteiger partial charge in [-0.25, -0.2) is 4.98 Å². The second kappa shape index (κ2) is 8.44. The standard InChI is InChI=1S/C22H26N4O2/c1-2-28-20-8-6-18(7-9-20)15-22(27)25-13-11-24(12-14-25)17-19-16-23-21-5-3-4-10-26(19)21/h3-10,16H,2,11-15,17H2,1H3. The van der Waals surface area contributed by atoms with Gasteiger partial charge in [-0.1, -0.05) is 18.2 Å². The number of carbonyl (C=O) groups is 1. The van der Waals surface area contributed by atoms with Gasteiger partial charge in [-0.05, 0) is 36.8 Å². The van der Waals surface area contributed by atoms with Gasteiger partial charge in [-0.2, -0.15) is 0 Å². The van der Waals surface area contributed by atoms with Crippen LogP contribution in [0.3, 0.4) is 0 Å². The molecule has 0 saturated carbocycles. The van der Waals surface area contributed by atoms with Crippen LogP contribution in [0.4, 0.5) is 0 Å². The molecule has 0 atom stereocenters. The molecule has 2 aromatic heterocycles. The Balaban J connectivity index is 1.29. The van der Waals surface area contributed by atoms with Crippen molar-refractivity contribution in [3.8, 4) is 5.75 Å². The van der Waals surface area contributed by atoms with E-state index in [1.165, 1.54) is 5.69 Å². The van der Waals surface area contributed by atoms with Crippen LogP contribution in [0.15, 0.2) is 54.9 Å². The van der Waals surface area contributed by atoms with E-state index in [0.29, 0.717) is 13.0 Å². The minimum absolute atomic E-state index is 0.193. The number of carbonyl (C=O) groups excluding carboxylic acids is 1. The first-order chi connectivity index (χ1) is 13.7. The fraction of sp³-hybridized carbons (Fsp3) is 0.364. The maximum absolute atomic E-state index is 12.6. The zero-order chi connectivity index (χ0) is 19.3. The molecule has 0 bridgehead atoms. The van der Waals surface area contributed by atoms with E-state index in [1.54, 1.807) is 0 Å². The summed E-state index contributed by atoms with van der Waals surface area (Å²) >= 11 is 0. The van der Waals surface area contributed by atoms with E-state index in [-0.39, 0.29) is 5.91 Å². The van der Waals surface area contributed by atoms with Crippen LogP contribution in [0.5, 0.6) is 5.75 Å². The van der Waals surface area contributed by atoms with Crippen molar-refractivity contribution >= 4 is 11.6 Å². The van der Waals surface area contributed by atoms with Crippen LogP contribution in [-0.2, 0) is 17.8 Å². The first-order valence-electron chi connectivity index (χ1n) is 9.86. The predicted octanol–water partition coefficient (Wildman–Crippen LogP) is 2.62. The Labute approximate surface area is 165 Å². The number of benzene rings is 1. The molecule has 1 saturated heterocycles. The zero-order valence-corrected chi connectivity index (χ0v) is 16.3. The lowest BCUT2D eigenvalue weighted by Gasteiger charge is -2.34. The third kappa shape index (κ3) is 4.17. The van der Waals surface area contributed by atoms with Crippen molar-refractivity contribution in [3.63, 3.8) is 0 Å². The fourth-order valence-corrected chi connectivity index (χ4v) is 3.64. The van der Waals surface area contributed by atoms with Gasteiger partial charge in [-0.15, -0.1) is 0 Å². The summed E-state index contributed by atoms with van der Waals surface area (Å²) in [5.41, 5.74) is 3.19. The predicted molar refractivity (Wildman–Crippen MR) is 108 cm³/mol. The number of ether oxygens (including phenoxy) is 1. The maximum atomic E-state index is 12.6. The Morgan fingerprint density at radius 3 is 2.61 bits per heavy atom. The number of hydrogen-bond acceptors (Lipinski definition) is 4. The molecule has 0 spiro atoms. The Bertz CT molecular complexity index is 927. The molecule has 3 heterocycles. The quantitative estimate of drug-likeness (QED) is 0.662. The monoisotopic (exact) mass is 378 g/mol. The minimum atomic E-state index is 0.193. The molecule has 0 unspecified atom stereocenters. The van der Waals surface area contributed by atoms with Crippen molar-refractivity contribution in [2.75, 3.05) is 32.8 Å². The summed E-state index contributed by atoms with van der Waals surface area (Å²) in [4.78, 5) is 21.5. The molecule has 28 heavy (non-hydrogen) atoms. The van der Waals surface area contributed by atoms with Crippen molar-refractivity contribution in [2.24, 2.45) is 0 Å². The topological polar surface area (TPSA) is 50.1 Å². The van der Waals surface area contributed by atoms with Crippen LogP contribution >= 0.6 is 0 Å². The Hall–Kier alpha value is -2.86. The van der Waals surface area contributed by atoms with Crippen LogP contribution < -0.4 is 4.74 Å². The minimum Gasteiger partial charge on any atom is -0.494 e. The summed E-state index contributed by atoms with van der Waals surface area (Å²) < 4.78 is 7.59. The van der Waals surface area contributed by atoms with Gasteiger partial charge in [0.05, 0.1) is 24.9 Å². The van der Waals surface area contributed by atoms with E-state index < -0.39 is 0 Å². The summed E-state index contributed by atoms with van der Waals surface area (Å²) in [6.07, 6.45) is 4.44. The number of pyridine rings is 1. The van der Waals surface area contributed by atoms with E-state index >= 15 is 0 Å². The highest BCUT2D eigenvalue weighted by atomic mass is 16.5. The molecule has 3 aromatic rings. The molecular weight excluding hydrogens is 352 g/mol. The number of rotatable bonds is 6. The molecule has 1 amide bonds. The van der Waals surface area contributed by atoms with Crippen LogP contribution in [0.1, 0.15) is 18.2 Å². The van der Waals surface area contributed by atoms with Crippen molar-refractivity contribution in [2.45, 2.75) is 19.9 Å². The SMILES string of the molecule is CCOc1ccc(CC(=O)N2CCN(Cc3cnc4ccccn34)CC2)cc1. The highest BCUT2D eigenvalue weighted by Gasteiger charge is 2.22. The van der Waals surface area contributed by atoms with Gasteiger partial charge in [-0.3, -0.25) is 9.69 Å². The molecule has 1 aliphatic heterocycles. The van der Waals surface area contributed by atoms with Gasteiger partial charge in [0.2, 0.25) is 5.91 Å². The van der Waals surface area contributed by atoms with Gasteiger partial charge in [0.1, 0.15) is 11.4 Å². The molecule has 4 rings (SSSR count). The molecule has 1 fully saturated rings. The second-order valence-electron chi connectivity index (χ2n) is 7.09. The van der Waals surface area contributed by atoms with Crippen molar-refractivity contribution in [3.05, 3.63) is 66.1 Å². The fourth-order valence-electron chi connectivity index (χ4n) is 3.64. The number of imidazole rings is 1. The molecule has 0 radical (unpaired) electrons. The summed E-state index contributed by atoms with van der Waals surface area (Å²) in [6.45, 7) is 6.78. The molecule has 6 nitrogen and oxygen atoms in total. The van der Waals surface area contributed by atoms with Gasteiger partial charge in [0.25, 0.3) is 0 Å². The third-order valence-corrected chi connectivity index (χ3v) is 5.19. The van der Waals surface area contributed by atoms with Gasteiger partial charge in [0.15, 0.2) is 0 Å². The maximum Gasteiger partial charge on any atom is 0.227 e. The Kier molecular flexibility index (Phi) is 5.58. The van der Waals surface area contributed by atoms with Crippen LogP contribution in [0, 0.1) is 0 Å². The molecular formula is C22H26N4O2. The normalized spacial score (nSPS) is 15.1. The lowest BCUT2D eigenvalue weighted by molar-refractivity contribution is -0.132. The summed E-state index contributed by atoms with van der Waals surface area (Å²) in [7, 11) is 0. The molecule has 0 N–H and O–H groups in total. The van der Waals surface area contributed by atoms with Gasteiger partial charge >= 0.3 is 0 Å². The number of fused-ring (bicyclic) bond motifs is 1. The molecule has 1 aliphatic rings. The van der Waals surface area contributed by atoms with Crippen molar-refractivity contribution in [1.29, 1.82) is 0 Å². The van der Waals surface area contributed by atoms with E-state index in [2.05, 4.69) is 14.3 Å². The Morgan fingerprint density at radius 2 is 1.86 bits per heavy atom. The largest absolute Gasteiger partial charge is 0.494 e. The van der Waals surface area contributed by atoms with Crippen LogP contribution in [-0.4, -0.2) is 57.9 Å². The van der Waals surface area contributed by atoms with Crippen LogP contribution in [0.25, 0.3) is 5.65 Å². The number of aromatic nitrogens is 2. The lowest BCUT2D eigenvalue weighted by Crippen LogP contribution is -2.48. The molecule has 1 aromatic carbocycles. The molecule has 0 aliphatic carbocycles. The van der Waals surface area contributed by atoms with Gasteiger partial charge < -0.3 is 14.0 Å². The third-order valence-electron chi connectivity index (χ3n) is 5.19. The van der Waals surface area contributed by atoms with E-state index in [0.717, 1.165) is 49.7 Å². The van der Waals surface area contributed by atoms with Crippen molar-refractivity contribution in [1.82, 2.24) is 19.2 Å². The number of nitrogens with zero attached hydrogens (tertiary/aromatic N) is 4. The molecule has 146 valence electrons. The zero-order valence-electron chi connectivity index (χ0n) is 16.3. The number of amides is 1. The average molecular weight is 378 g/mol. The first-order valence-corrected chi connectivity index (χ1v) is 9.86. The highest BCUT2D eigenvalue weighted by Crippen LogP contribution is 2.15. The average Bonchev–Trinajstić information content (AvgIpc) is 3.13. The summed E-state index contributed by atoms with van der Waals surface area (Å²) in [6, 6.07) is 13.9. The number of hydrogen-bond donors (Lipinski definition) is 0. The number of piperazine rings is 1. The van der Waals surface area contributed by atoms with E-state index in [9.17, 15) is 4.79 Å². The van der Waals surface area contributed by atoms with E-state index in [1.807, 2.05) is 66.7 Å². The molecule has 6 heteroatoms. The van der Waals surface area contributed by atoms with Crippen LogP contribution in [0.2, 0.25) is 0 Å². The van der Waals surface area contributed by atoms with Crippen molar-refractivity contribution < 1.29 is 9.53 Å². The Morgan fingerprint density at radius 1 is 1.07 bits per heavy atom. The highest BCUT2D eigenvalue weighted by molar-refractivity contribution is 5.79. The lowest BCUT2D eigenvalue weighted by atomic mass is 10.1. The first kappa shape index (κ1) is 18.5. The summed E-state index contributed by atoms with van der Waals surface area (Å²) in [5, 5.41) is 0. The summed E-state index contributed by atoms with van der Waals surface area (Å²) in [5.74, 6) is 1.04. The van der Waals surface area contributed by atoms with E-state index in [4.69, 9.17) is 4.74 Å².